The second-order valence-electron chi connectivity index (χ2n) is 53.9. The molecule has 23 rings (SSSR count). The number of hydrogen-bond donors (Lipinski definition) is 0. The van der Waals surface area contributed by atoms with Crippen LogP contribution >= 0.6 is 0 Å². The van der Waals surface area contributed by atoms with Crippen molar-refractivity contribution in [3.63, 3.8) is 0 Å². The predicted molar refractivity (Wildman–Crippen MR) is 500 cm³/mol. The summed E-state index contributed by atoms with van der Waals surface area (Å²) in [5.74, 6) is 28.6. The van der Waals surface area contributed by atoms with E-state index in [-0.39, 0.29) is 0 Å². The fourth-order valence-electron chi connectivity index (χ4n) is 43.3. The van der Waals surface area contributed by atoms with Crippen molar-refractivity contribution in [2.45, 2.75) is 549 Å². The van der Waals surface area contributed by atoms with Crippen LogP contribution in [0.3, 0.4) is 0 Å². The van der Waals surface area contributed by atoms with Crippen LogP contribution in [0.2, 0.25) is 17.5 Å². The van der Waals surface area contributed by atoms with Gasteiger partial charge < -0.3 is 0 Å². The zero-order valence-electron chi connectivity index (χ0n) is 79.0. The van der Waals surface area contributed by atoms with Crippen LogP contribution in [-0.4, -0.2) is 98.8 Å². The van der Waals surface area contributed by atoms with Crippen LogP contribution < -0.4 is 0 Å². The summed E-state index contributed by atoms with van der Waals surface area (Å²) in [6.07, 6.45) is 103. The minimum atomic E-state index is 0.425. The van der Waals surface area contributed by atoms with Crippen LogP contribution in [0.15, 0.2) is 0 Å². The molecule has 4 heterocycles. The van der Waals surface area contributed by atoms with E-state index in [9.17, 15) is 0 Å². The van der Waals surface area contributed by atoms with Crippen molar-refractivity contribution in [2.75, 3.05) is 0 Å². The van der Waals surface area contributed by atoms with Gasteiger partial charge in [0.15, 0.2) is 6.71 Å². The Kier molecular flexibility index (Phi) is 24.4. The second-order valence-corrected chi connectivity index (χ2v) is 53.9. The van der Waals surface area contributed by atoms with Gasteiger partial charge in [-0.2, -0.15) is 0 Å². The molecular weight excluding hydrogens is 1440 g/mol. The first-order chi connectivity index (χ1) is 58.3. The summed E-state index contributed by atoms with van der Waals surface area (Å²) in [4.78, 5) is 15.7. The van der Waals surface area contributed by atoms with Gasteiger partial charge in [-0.25, -0.2) is 0 Å². The average molecular weight is 1630 g/mol. The van der Waals surface area contributed by atoms with E-state index < -0.39 is 0 Å². The molecule has 23 fully saturated rings. The zero-order chi connectivity index (χ0) is 79.5. The molecule has 0 spiro atoms. The molecule has 0 bridgehead atoms. The van der Waals surface area contributed by atoms with Gasteiger partial charge in [0.2, 0.25) is 0 Å². The Morgan fingerprint density at radius 1 is 0.185 bits per heavy atom. The van der Waals surface area contributed by atoms with Crippen molar-refractivity contribution < 1.29 is 0 Å². The van der Waals surface area contributed by atoms with E-state index >= 15 is 0 Å². The van der Waals surface area contributed by atoms with Crippen LogP contribution in [0.1, 0.15) is 459 Å². The van der Waals surface area contributed by atoms with Gasteiger partial charge in [-0.05, 0) is 336 Å². The van der Waals surface area contributed by atoms with E-state index in [0.29, 0.717) is 10.8 Å². The lowest BCUT2D eigenvalue weighted by molar-refractivity contribution is -0.161. The average Bonchev–Trinajstić information content (AvgIpc) is 1.30. The molecular formula is C114H189BN4. The van der Waals surface area contributed by atoms with Crippen molar-refractivity contribution in [1.82, 2.24) is 19.6 Å². The molecule has 0 aromatic carbocycles. The molecule has 668 valence electrons. The molecule has 31 atom stereocenters. The highest BCUT2D eigenvalue weighted by atomic mass is 15.3. The summed E-state index contributed by atoms with van der Waals surface area (Å²) < 4.78 is 0. The Labute approximate surface area is 735 Å². The molecule has 119 heavy (non-hydrogen) atoms. The van der Waals surface area contributed by atoms with Crippen LogP contribution in [0.25, 0.3) is 0 Å². The van der Waals surface area contributed by atoms with Crippen molar-refractivity contribution in [2.24, 2.45) is 165 Å². The normalized spacial score (nSPS) is 50.7. The predicted octanol–water partition coefficient (Wildman–Crippen LogP) is 30.0. The summed E-state index contributed by atoms with van der Waals surface area (Å²) in [5, 5.41) is 0. The minimum Gasteiger partial charge on any atom is -0.295 e. The summed E-state index contributed by atoms with van der Waals surface area (Å²) in [6, 6.07) is 10.2. The Bertz CT molecular complexity index is 3210. The standard InChI is InChI=1S/C114H189BN4/c1-113(2,3)84-59-79-53-54-80-60-85(114(4,5)6)68-97-92(66-83(61-84)108(79)109(80)97)78-55-57-98-104(67-78)118(111-93(74-37-17-9-18-38-74)62-81(72-33-13-7-14-34-72)63-94(111)75-39-19-10-20-40-75)106-70-87(117-102-51-31-27-47-90(102)91-48-28-32-52-103(91)117)71-107-110(106)115(98)99-58-56-86(116-100-49-29-25-45-88(100)89-46-26-30-50-101(89)116)69-105(99)119(107)112-95(76-41-21-11-22-42-76)64-82(73-35-15-8-16-36-73)65-96(112)77-43-23-12-24-44-77/h72-112H,7-71H2,1-6H3. The number of hydrogen-bond acceptors (Lipinski definition) is 4. The molecule has 0 N–H and O–H groups in total. The third kappa shape index (κ3) is 15.2. The van der Waals surface area contributed by atoms with Crippen molar-refractivity contribution in [3.05, 3.63) is 0 Å². The lowest BCUT2D eigenvalue weighted by atomic mass is 9.18. The molecule has 0 radical (unpaired) electrons. The highest BCUT2D eigenvalue weighted by Crippen LogP contribution is 2.72. The van der Waals surface area contributed by atoms with Gasteiger partial charge in [0.25, 0.3) is 0 Å². The van der Waals surface area contributed by atoms with Crippen LogP contribution in [0, 0.1) is 165 Å². The van der Waals surface area contributed by atoms with Gasteiger partial charge in [0.1, 0.15) is 0 Å². The molecule has 4 aliphatic heterocycles. The molecule has 4 saturated heterocycles. The minimum absolute atomic E-state index is 0.425. The summed E-state index contributed by atoms with van der Waals surface area (Å²) in [7, 11) is 0. The maximum absolute atomic E-state index is 4.16. The van der Waals surface area contributed by atoms with Crippen molar-refractivity contribution >= 4 is 6.71 Å². The molecule has 19 aliphatic carbocycles. The largest absolute Gasteiger partial charge is 0.295 e. The van der Waals surface area contributed by atoms with Crippen LogP contribution in [-0.2, 0) is 0 Å². The van der Waals surface area contributed by atoms with Gasteiger partial charge in [0.05, 0.1) is 0 Å². The van der Waals surface area contributed by atoms with Gasteiger partial charge in [-0.1, -0.05) is 305 Å². The molecule has 0 aromatic rings. The second kappa shape index (κ2) is 34.9. The Hall–Kier alpha value is -0.0951. The summed E-state index contributed by atoms with van der Waals surface area (Å²) in [6.45, 7) is 17.4. The molecule has 0 amide bonds. The van der Waals surface area contributed by atoms with E-state index in [1.807, 2.05) is 0 Å². The fourth-order valence-corrected chi connectivity index (χ4v) is 43.3. The smallest absolute Gasteiger partial charge is 0.156 e. The van der Waals surface area contributed by atoms with E-state index in [1.165, 1.54) is 0 Å². The molecule has 23 aliphatic rings. The molecule has 0 aromatic heterocycles. The quantitative estimate of drug-likeness (QED) is 0.191. The first-order valence-corrected chi connectivity index (χ1v) is 57.4. The number of fused-ring (bicyclic) bond motifs is 10. The van der Waals surface area contributed by atoms with Gasteiger partial charge in [-0.15, -0.1) is 0 Å². The SMILES string of the molecule is CC(C)(C)C1CC2CCC3CC(C(C)(C)C)CC4C(C5CCC6B7C8CCC(N9C%10CCCCC%10C%10CCCCC%109)CC8N(C8C(C9CCCCC9)CC(C9CCCCC9)CC8C8CCCCC8)C8CC(N9C%10CCCCC%10C%10CCCCC%109)CC(C78)N(C7C(C8CCCCC8)CC(C8CCCCC8)CC7C7CCCCC7)C6C5)CC(C1)C2C34. The summed E-state index contributed by atoms with van der Waals surface area (Å²) in [5.41, 5.74) is 0.865. The molecule has 5 heteroatoms. The van der Waals surface area contributed by atoms with Gasteiger partial charge >= 0.3 is 0 Å². The number of rotatable bonds is 11. The number of likely N-dealkylation sites (tertiary alicyclic amines) is 2. The molecule has 4 nitrogen and oxygen atoms in total. The Balaban J connectivity index is 0.732. The van der Waals surface area contributed by atoms with Crippen LogP contribution in [0.4, 0.5) is 0 Å². The topological polar surface area (TPSA) is 13.0 Å². The van der Waals surface area contributed by atoms with Crippen molar-refractivity contribution in [1.29, 1.82) is 0 Å². The first kappa shape index (κ1) is 83.3. The third-order valence-corrected chi connectivity index (χ3v) is 47.6. The lowest BCUT2D eigenvalue weighted by Crippen LogP contribution is -2.78. The van der Waals surface area contributed by atoms with Gasteiger partial charge in [0, 0.05) is 72.5 Å². The molecule has 19 saturated carbocycles. The van der Waals surface area contributed by atoms with Crippen LogP contribution in [0.5, 0.6) is 0 Å². The highest BCUT2D eigenvalue weighted by molar-refractivity contribution is 6.65. The molecule has 31 unspecified atom stereocenters. The van der Waals surface area contributed by atoms with E-state index in [0.717, 1.165) is 251 Å². The summed E-state index contributed by atoms with van der Waals surface area (Å²) >= 11 is 0. The van der Waals surface area contributed by atoms with E-state index in [4.69, 9.17) is 0 Å². The first-order valence-electron chi connectivity index (χ1n) is 57.4. The maximum Gasteiger partial charge on any atom is 0.156 e. The maximum atomic E-state index is 4.16. The van der Waals surface area contributed by atoms with Gasteiger partial charge in [-0.3, -0.25) is 19.6 Å². The van der Waals surface area contributed by atoms with E-state index in [1.54, 1.807) is 417 Å². The zero-order valence-corrected chi connectivity index (χ0v) is 79.0. The highest BCUT2D eigenvalue weighted by Gasteiger charge is 2.72. The Morgan fingerprint density at radius 2 is 0.504 bits per heavy atom. The fraction of sp³-hybridized carbons (Fsp3) is 1.00. The van der Waals surface area contributed by atoms with Crippen molar-refractivity contribution in [3.8, 4) is 0 Å². The monoisotopic (exact) mass is 1630 g/mol. The Morgan fingerprint density at radius 3 is 0.916 bits per heavy atom. The number of nitrogens with zero attached hydrogens (tertiary/aromatic N) is 4. The lowest BCUT2D eigenvalue weighted by Gasteiger charge is -2.73. The third-order valence-electron chi connectivity index (χ3n) is 47.6. The van der Waals surface area contributed by atoms with E-state index in [2.05, 4.69) is 61.1 Å².